The van der Waals surface area contributed by atoms with Crippen molar-refractivity contribution in [2.75, 3.05) is 0 Å². The van der Waals surface area contributed by atoms with E-state index in [4.69, 9.17) is 0 Å². The molecule has 0 saturated heterocycles. The molecule has 3 rings (SSSR count). The van der Waals surface area contributed by atoms with Crippen LogP contribution in [-0.4, -0.2) is 16.8 Å². The zero-order valence-electron chi connectivity index (χ0n) is 12.2. The first kappa shape index (κ1) is 16.1. The van der Waals surface area contributed by atoms with E-state index in [9.17, 15) is 16.8 Å². The fourth-order valence-electron chi connectivity index (χ4n) is 2.54. The molecule has 6 nitrogen and oxygen atoms in total. The van der Waals surface area contributed by atoms with Crippen LogP contribution < -0.4 is 9.66 Å². The fraction of sp³-hybridized carbons (Fsp3) is 0.200. The SMILES string of the molecule is O=S(=O)(NNS(=O)(=O)c1ccc2c(c1)CCC2)c1ccccc1. The molecule has 2 aromatic carbocycles. The lowest BCUT2D eigenvalue weighted by molar-refractivity contribution is 0.557. The van der Waals surface area contributed by atoms with Gasteiger partial charge in [0.2, 0.25) is 0 Å². The summed E-state index contributed by atoms with van der Waals surface area (Å²) in [5.41, 5.74) is 2.15. The molecule has 122 valence electrons. The van der Waals surface area contributed by atoms with Gasteiger partial charge in [0.15, 0.2) is 0 Å². The highest BCUT2D eigenvalue weighted by Gasteiger charge is 2.21. The summed E-state index contributed by atoms with van der Waals surface area (Å²) >= 11 is 0. The number of hydrogen-bond donors (Lipinski definition) is 2. The number of sulfonamides is 2. The fourth-order valence-corrected chi connectivity index (χ4v) is 4.72. The summed E-state index contributed by atoms with van der Waals surface area (Å²) in [5.74, 6) is 0. The smallest absolute Gasteiger partial charge is 0.206 e. The topological polar surface area (TPSA) is 92.3 Å². The minimum atomic E-state index is -3.96. The van der Waals surface area contributed by atoms with Crippen LogP contribution in [0.15, 0.2) is 58.3 Å². The molecule has 0 fully saturated rings. The molecular formula is C15H16N2O4S2. The van der Waals surface area contributed by atoms with Crippen molar-refractivity contribution in [1.29, 1.82) is 0 Å². The molecule has 0 bridgehead atoms. The maximum Gasteiger partial charge on any atom is 0.254 e. The van der Waals surface area contributed by atoms with Gasteiger partial charge in [0.05, 0.1) is 9.79 Å². The second-order valence-corrected chi connectivity index (χ2v) is 8.67. The molecule has 0 amide bonds. The van der Waals surface area contributed by atoms with Crippen molar-refractivity contribution in [3.63, 3.8) is 0 Å². The van der Waals surface area contributed by atoms with Gasteiger partial charge in [-0.3, -0.25) is 0 Å². The van der Waals surface area contributed by atoms with Crippen molar-refractivity contribution in [2.24, 2.45) is 0 Å². The van der Waals surface area contributed by atoms with E-state index in [1.54, 1.807) is 30.3 Å². The van der Waals surface area contributed by atoms with E-state index < -0.39 is 20.0 Å². The normalized spacial score (nSPS) is 14.6. The molecule has 2 N–H and O–H groups in total. The quantitative estimate of drug-likeness (QED) is 0.795. The van der Waals surface area contributed by atoms with Crippen LogP contribution in [0.4, 0.5) is 0 Å². The second kappa shape index (κ2) is 6.04. The minimum Gasteiger partial charge on any atom is -0.206 e. The second-order valence-electron chi connectivity index (χ2n) is 5.31. The van der Waals surface area contributed by atoms with Crippen molar-refractivity contribution in [2.45, 2.75) is 29.1 Å². The average Bonchev–Trinajstić information content (AvgIpc) is 3.02. The maximum absolute atomic E-state index is 12.3. The first-order valence-corrected chi connectivity index (χ1v) is 10.1. The molecule has 0 aromatic heterocycles. The summed E-state index contributed by atoms with van der Waals surface area (Å²) in [4.78, 5) is 3.89. The molecule has 0 heterocycles. The minimum absolute atomic E-state index is 0.0170. The van der Waals surface area contributed by atoms with Gasteiger partial charge in [0.1, 0.15) is 0 Å². The molecule has 2 aromatic rings. The Balaban J connectivity index is 1.79. The highest BCUT2D eigenvalue weighted by molar-refractivity contribution is 7.92. The zero-order chi connectivity index (χ0) is 16.5. The molecule has 0 unspecified atom stereocenters. The van der Waals surface area contributed by atoms with E-state index in [-0.39, 0.29) is 9.79 Å². The van der Waals surface area contributed by atoms with Crippen molar-refractivity contribution in [3.8, 4) is 0 Å². The Kier molecular flexibility index (Phi) is 4.24. The average molecular weight is 352 g/mol. The van der Waals surface area contributed by atoms with E-state index in [0.29, 0.717) is 0 Å². The van der Waals surface area contributed by atoms with E-state index in [0.717, 1.165) is 30.4 Å². The monoisotopic (exact) mass is 352 g/mol. The highest BCUT2D eigenvalue weighted by atomic mass is 32.2. The van der Waals surface area contributed by atoms with Crippen LogP contribution in [0.5, 0.6) is 0 Å². The Morgan fingerprint density at radius 3 is 2.00 bits per heavy atom. The van der Waals surface area contributed by atoms with Crippen LogP contribution in [0.3, 0.4) is 0 Å². The van der Waals surface area contributed by atoms with Crippen LogP contribution in [0.2, 0.25) is 0 Å². The van der Waals surface area contributed by atoms with Crippen molar-refractivity contribution >= 4 is 20.0 Å². The third-order valence-corrected chi connectivity index (χ3v) is 6.38. The molecule has 0 aliphatic heterocycles. The zero-order valence-corrected chi connectivity index (χ0v) is 13.8. The van der Waals surface area contributed by atoms with Crippen molar-refractivity contribution in [3.05, 3.63) is 59.7 Å². The standard InChI is InChI=1S/C15H16N2O4S2/c18-22(19,14-7-2-1-3-8-14)16-17-23(20,21)15-10-9-12-5-4-6-13(12)11-15/h1-3,7-11,16-17H,4-6H2. The summed E-state index contributed by atoms with van der Waals surface area (Å²) in [6.45, 7) is 0. The van der Waals surface area contributed by atoms with Gasteiger partial charge in [-0.15, -0.1) is 9.66 Å². The Labute approximate surface area is 135 Å². The van der Waals surface area contributed by atoms with Gasteiger partial charge in [-0.05, 0) is 54.7 Å². The van der Waals surface area contributed by atoms with Crippen LogP contribution >= 0.6 is 0 Å². The lowest BCUT2D eigenvalue weighted by atomic mass is 10.1. The molecule has 0 atom stereocenters. The Hall–Kier alpha value is -1.74. The number of hydrogen-bond acceptors (Lipinski definition) is 4. The van der Waals surface area contributed by atoms with Gasteiger partial charge in [-0.25, -0.2) is 16.8 Å². The lowest BCUT2D eigenvalue weighted by Crippen LogP contribution is -2.41. The molecule has 0 saturated carbocycles. The van der Waals surface area contributed by atoms with E-state index in [1.807, 2.05) is 9.66 Å². The van der Waals surface area contributed by atoms with Crippen LogP contribution in [0.25, 0.3) is 0 Å². The van der Waals surface area contributed by atoms with Gasteiger partial charge in [-0.2, -0.15) is 0 Å². The van der Waals surface area contributed by atoms with E-state index in [2.05, 4.69) is 0 Å². The number of rotatable bonds is 5. The van der Waals surface area contributed by atoms with Crippen LogP contribution in [-0.2, 0) is 32.9 Å². The molecule has 0 spiro atoms. The van der Waals surface area contributed by atoms with Crippen molar-refractivity contribution in [1.82, 2.24) is 9.66 Å². The van der Waals surface area contributed by atoms with Gasteiger partial charge in [0, 0.05) is 0 Å². The highest BCUT2D eigenvalue weighted by Crippen LogP contribution is 2.24. The molecule has 23 heavy (non-hydrogen) atoms. The third-order valence-electron chi connectivity index (χ3n) is 3.74. The van der Waals surface area contributed by atoms with Gasteiger partial charge in [0.25, 0.3) is 20.0 Å². The number of nitrogens with one attached hydrogen (secondary N) is 2. The molecular weight excluding hydrogens is 336 g/mol. The molecule has 1 aliphatic rings. The van der Waals surface area contributed by atoms with E-state index >= 15 is 0 Å². The van der Waals surface area contributed by atoms with Crippen LogP contribution in [0, 0.1) is 0 Å². The molecule has 1 aliphatic carbocycles. The van der Waals surface area contributed by atoms with Crippen molar-refractivity contribution < 1.29 is 16.8 Å². The van der Waals surface area contributed by atoms with Gasteiger partial charge < -0.3 is 0 Å². The number of hydrazine groups is 1. The first-order valence-electron chi connectivity index (χ1n) is 7.09. The number of benzene rings is 2. The number of fused-ring (bicyclic) bond motifs is 1. The predicted octanol–water partition coefficient (Wildman–Crippen LogP) is 1.35. The Bertz CT molecular complexity index is 923. The van der Waals surface area contributed by atoms with E-state index in [1.165, 1.54) is 18.2 Å². The summed E-state index contributed by atoms with van der Waals surface area (Å²) in [6.07, 6.45) is 2.80. The summed E-state index contributed by atoms with van der Waals surface area (Å²) in [7, 11) is -7.92. The Morgan fingerprint density at radius 2 is 1.30 bits per heavy atom. The molecule has 0 radical (unpaired) electrons. The molecule has 8 heteroatoms. The lowest BCUT2D eigenvalue weighted by Gasteiger charge is -2.10. The van der Waals surface area contributed by atoms with Crippen LogP contribution in [0.1, 0.15) is 17.5 Å². The largest absolute Gasteiger partial charge is 0.254 e. The van der Waals surface area contributed by atoms with Gasteiger partial charge in [-0.1, -0.05) is 24.3 Å². The predicted molar refractivity (Wildman–Crippen MR) is 85.6 cm³/mol. The summed E-state index contributed by atoms with van der Waals surface area (Å²) in [5, 5.41) is 0. The third kappa shape index (κ3) is 3.45. The summed E-state index contributed by atoms with van der Waals surface area (Å²) in [6, 6.07) is 12.4. The summed E-state index contributed by atoms with van der Waals surface area (Å²) < 4.78 is 48.7. The number of aryl methyl sites for hydroxylation is 2. The Morgan fingerprint density at radius 1 is 0.696 bits per heavy atom. The maximum atomic E-state index is 12.3. The van der Waals surface area contributed by atoms with Gasteiger partial charge >= 0.3 is 0 Å². The first-order chi connectivity index (χ1) is 10.9.